The summed E-state index contributed by atoms with van der Waals surface area (Å²) in [6.07, 6.45) is 0. The first-order valence-electron chi connectivity index (χ1n) is 4.92. The molecule has 1 aromatic heterocycles. The van der Waals surface area contributed by atoms with Gasteiger partial charge in [-0.05, 0) is 52.9 Å². The normalized spacial score (nSPS) is 10.1. The van der Waals surface area contributed by atoms with Gasteiger partial charge in [-0.2, -0.15) is 0 Å². The number of hydrogen-bond donors (Lipinski definition) is 2. The fraction of sp³-hybridized carbons (Fsp3) is 0. The van der Waals surface area contributed by atoms with Gasteiger partial charge in [0.05, 0.1) is 5.69 Å². The van der Waals surface area contributed by atoms with Gasteiger partial charge in [0, 0.05) is 8.59 Å². The number of aromatic nitrogens is 2. The Hall–Kier alpha value is -1.41. The Labute approximate surface area is 122 Å². The molecule has 0 radical (unpaired) electrons. The maximum Gasteiger partial charge on any atom is 0.276 e. The molecule has 5 nitrogen and oxygen atoms in total. The van der Waals surface area contributed by atoms with Crippen LogP contribution in [0.4, 0.5) is 11.5 Å². The highest BCUT2D eigenvalue weighted by atomic mass is 127. The van der Waals surface area contributed by atoms with Gasteiger partial charge < -0.3 is 11.1 Å². The van der Waals surface area contributed by atoms with Gasteiger partial charge in [0.2, 0.25) is 0 Å². The third kappa shape index (κ3) is 3.08. The molecule has 1 heterocycles. The summed E-state index contributed by atoms with van der Waals surface area (Å²) in [5.41, 5.74) is 6.27. The Morgan fingerprint density at radius 1 is 1.28 bits per heavy atom. The molecule has 0 atom stereocenters. The Morgan fingerprint density at radius 2 is 2.06 bits per heavy atom. The van der Waals surface area contributed by atoms with Crippen molar-refractivity contribution in [3.05, 3.63) is 44.6 Å². The van der Waals surface area contributed by atoms with Gasteiger partial charge >= 0.3 is 0 Å². The van der Waals surface area contributed by atoms with Gasteiger partial charge in [-0.25, -0.2) is 0 Å². The lowest BCUT2D eigenvalue weighted by molar-refractivity contribution is 0.102. The van der Waals surface area contributed by atoms with Gasteiger partial charge in [0.15, 0.2) is 5.69 Å². The molecule has 2 rings (SSSR count). The number of hydrogen-bond acceptors (Lipinski definition) is 4. The molecule has 0 saturated carbocycles. The van der Waals surface area contributed by atoms with E-state index in [4.69, 9.17) is 17.3 Å². The molecule has 7 heteroatoms. The molecular formula is C11H8ClIN4O. The first-order chi connectivity index (χ1) is 8.56. The second kappa shape index (κ2) is 5.49. The standard InChI is InChI=1S/C11H8ClIN4O/c12-6-1-2-8(7(13)5-6)15-11(18)9-3-4-10(14)17-16-9/h1-5H,(H2,14,17)(H,15,18). The molecule has 1 amide bonds. The summed E-state index contributed by atoms with van der Waals surface area (Å²) in [5, 5.41) is 10.7. The summed E-state index contributed by atoms with van der Waals surface area (Å²) in [6.45, 7) is 0. The maximum atomic E-state index is 11.9. The van der Waals surface area contributed by atoms with E-state index in [1.54, 1.807) is 18.2 Å². The van der Waals surface area contributed by atoms with E-state index in [9.17, 15) is 4.79 Å². The van der Waals surface area contributed by atoms with E-state index in [1.807, 2.05) is 0 Å². The van der Waals surface area contributed by atoms with Crippen LogP contribution in [0.2, 0.25) is 5.02 Å². The maximum absolute atomic E-state index is 11.9. The van der Waals surface area contributed by atoms with Crippen molar-refractivity contribution in [2.45, 2.75) is 0 Å². The predicted molar refractivity (Wildman–Crippen MR) is 78.6 cm³/mol. The quantitative estimate of drug-likeness (QED) is 0.792. The molecule has 0 spiro atoms. The summed E-state index contributed by atoms with van der Waals surface area (Å²) < 4.78 is 0.844. The Kier molecular flexibility index (Phi) is 3.97. The van der Waals surface area contributed by atoms with Crippen LogP contribution < -0.4 is 11.1 Å². The second-order valence-corrected chi connectivity index (χ2v) is 5.02. The van der Waals surface area contributed by atoms with Crippen LogP contribution in [-0.2, 0) is 0 Å². The lowest BCUT2D eigenvalue weighted by Gasteiger charge is -2.06. The first kappa shape index (κ1) is 13.0. The number of anilines is 2. The van der Waals surface area contributed by atoms with Gasteiger partial charge in [-0.3, -0.25) is 4.79 Å². The van der Waals surface area contributed by atoms with Crippen LogP contribution in [-0.4, -0.2) is 16.1 Å². The lowest BCUT2D eigenvalue weighted by Crippen LogP contribution is -2.15. The summed E-state index contributed by atoms with van der Waals surface area (Å²) >= 11 is 7.92. The summed E-state index contributed by atoms with van der Waals surface area (Å²) in [4.78, 5) is 11.9. The van der Waals surface area contributed by atoms with Crippen molar-refractivity contribution < 1.29 is 4.79 Å². The number of rotatable bonds is 2. The van der Waals surface area contributed by atoms with Crippen LogP contribution >= 0.6 is 34.2 Å². The zero-order valence-electron chi connectivity index (χ0n) is 9.02. The summed E-state index contributed by atoms with van der Waals surface area (Å²) in [5.74, 6) is -0.0737. The molecule has 18 heavy (non-hydrogen) atoms. The average Bonchev–Trinajstić information content (AvgIpc) is 2.33. The van der Waals surface area contributed by atoms with E-state index in [1.165, 1.54) is 12.1 Å². The number of carbonyl (C=O) groups is 1. The van der Waals surface area contributed by atoms with Crippen molar-refractivity contribution in [3.63, 3.8) is 0 Å². The fourth-order valence-corrected chi connectivity index (χ4v) is 2.25. The number of benzene rings is 1. The number of nitrogens with zero attached hydrogens (tertiary/aromatic N) is 2. The highest BCUT2D eigenvalue weighted by molar-refractivity contribution is 14.1. The van der Waals surface area contributed by atoms with Crippen molar-refractivity contribution in [1.29, 1.82) is 0 Å². The van der Waals surface area contributed by atoms with E-state index in [0.29, 0.717) is 10.7 Å². The minimum absolute atomic E-state index is 0.204. The molecule has 0 aliphatic carbocycles. The van der Waals surface area contributed by atoms with Gasteiger partial charge in [-0.15, -0.1) is 10.2 Å². The van der Waals surface area contributed by atoms with E-state index in [2.05, 4.69) is 38.1 Å². The molecular weight excluding hydrogens is 367 g/mol. The minimum atomic E-state index is -0.345. The highest BCUT2D eigenvalue weighted by Crippen LogP contribution is 2.22. The van der Waals surface area contributed by atoms with Crippen LogP contribution in [0.5, 0.6) is 0 Å². The van der Waals surface area contributed by atoms with Crippen LogP contribution in [0.25, 0.3) is 0 Å². The second-order valence-electron chi connectivity index (χ2n) is 3.42. The average molecular weight is 375 g/mol. The molecule has 0 saturated heterocycles. The predicted octanol–water partition coefficient (Wildman–Crippen LogP) is 2.57. The van der Waals surface area contributed by atoms with Crippen LogP contribution in [0.1, 0.15) is 10.5 Å². The Balaban J connectivity index is 2.18. The van der Waals surface area contributed by atoms with Crippen LogP contribution in [0.3, 0.4) is 0 Å². The molecule has 0 aliphatic rings. The number of amides is 1. The zero-order valence-corrected chi connectivity index (χ0v) is 11.9. The van der Waals surface area contributed by atoms with Gasteiger partial charge in [0.1, 0.15) is 5.82 Å². The van der Waals surface area contributed by atoms with Crippen LogP contribution in [0, 0.1) is 3.57 Å². The number of carbonyl (C=O) groups excluding carboxylic acids is 1. The molecule has 0 unspecified atom stereocenters. The molecule has 1 aromatic carbocycles. The lowest BCUT2D eigenvalue weighted by atomic mass is 10.3. The van der Waals surface area contributed by atoms with E-state index >= 15 is 0 Å². The smallest absolute Gasteiger partial charge is 0.276 e. The fourth-order valence-electron chi connectivity index (χ4n) is 1.24. The van der Waals surface area contributed by atoms with Gasteiger partial charge in [0.25, 0.3) is 5.91 Å². The topological polar surface area (TPSA) is 80.9 Å². The monoisotopic (exact) mass is 374 g/mol. The highest BCUT2D eigenvalue weighted by Gasteiger charge is 2.10. The first-order valence-corrected chi connectivity index (χ1v) is 6.37. The third-order valence-corrected chi connectivity index (χ3v) is 3.22. The Bertz CT molecular complexity index is 588. The number of nitrogen functional groups attached to an aromatic ring is 1. The van der Waals surface area contributed by atoms with Crippen molar-refractivity contribution in [2.24, 2.45) is 0 Å². The summed E-state index contributed by atoms with van der Waals surface area (Å²) in [6, 6.07) is 8.22. The molecule has 0 fully saturated rings. The SMILES string of the molecule is Nc1ccc(C(=O)Nc2ccc(Cl)cc2I)nn1. The largest absolute Gasteiger partial charge is 0.382 e. The number of halogens is 2. The van der Waals surface area contributed by atoms with E-state index in [-0.39, 0.29) is 17.4 Å². The van der Waals surface area contributed by atoms with Crippen molar-refractivity contribution in [1.82, 2.24) is 10.2 Å². The Morgan fingerprint density at radius 3 is 2.67 bits per heavy atom. The third-order valence-electron chi connectivity index (χ3n) is 2.10. The molecule has 0 aliphatic heterocycles. The van der Waals surface area contributed by atoms with E-state index in [0.717, 1.165) is 3.57 Å². The van der Waals surface area contributed by atoms with Gasteiger partial charge in [-0.1, -0.05) is 11.6 Å². The van der Waals surface area contributed by atoms with Crippen molar-refractivity contribution in [3.8, 4) is 0 Å². The molecule has 92 valence electrons. The van der Waals surface area contributed by atoms with E-state index < -0.39 is 0 Å². The molecule has 0 bridgehead atoms. The number of nitrogens with one attached hydrogen (secondary N) is 1. The van der Waals surface area contributed by atoms with Crippen molar-refractivity contribution in [2.75, 3.05) is 11.1 Å². The molecule has 2 aromatic rings. The minimum Gasteiger partial charge on any atom is -0.382 e. The van der Waals surface area contributed by atoms with Crippen molar-refractivity contribution >= 4 is 51.6 Å². The van der Waals surface area contributed by atoms with Crippen LogP contribution in [0.15, 0.2) is 30.3 Å². The molecule has 3 N–H and O–H groups in total. The summed E-state index contributed by atoms with van der Waals surface area (Å²) in [7, 11) is 0. The number of nitrogens with two attached hydrogens (primary N) is 1. The zero-order chi connectivity index (χ0) is 13.1.